The van der Waals surface area contributed by atoms with Crippen molar-refractivity contribution in [3.05, 3.63) is 65.9 Å². The largest absolute Gasteiger partial charge is 0.508 e. The molecular weight excluding hydrogens is 831 g/mol. The maximum Gasteiger partial charge on any atom is 0.322 e. The van der Waals surface area contributed by atoms with Gasteiger partial charge in [0.1, 0.15) is 42.5 Å². The second-order valence-electron chi connectivity index (χ2n) is 14.4. The van der Waals surface area contributed by atoms with E-state index in [-0.39, 0.29) is 31.6 Å². The van der Waals surface area contributed by atoms with E-state index in [4.69, 9.17) is 10.8 Å². The van der Waals surface area contributed by atoms with Crippen LogP contribution in [0.15, 0.2) is 54.7 Å². The van der Waals surface area contributed by atoms with Crippen molar-refractivity contribution in [2.24, 2.45) is 11.7 Å². The molecule has 0 bridgehead atoms. The van der Waals surface area contributed by atoms with Gasteiger partial charge in [0, 0.05) is 29.9 Å². The molecule has 3 aromatic rings. The molecule has 1 heterocycles. The van der Waals surface area contributed by atoms with Gasteiger partial charge in [-0.25, -0.2) is 0 Å². The fourth-order valence-electron chi connectivity index (χ4n) is 6.09. The summed E-state index contributed by atoms with van der Waals surface area (Å²) in [6.07, 6.45) is 2.45. The molecule has 336 valence electrons. The summed E-state index contributed by atoms with van der Waals surface area (Å²) in [6, 6.07) is 6.05. The fourth-order valence-corrected chi connectivity index (χ4v) is 6.56. The van der Waals surface area contributed by atoms with Crippen molar-refractivity contribution in [1.29, 1.82) is 0 Å². The summed E-state index contributed by atoms with van der Waals surface area (Å²) in [7, 11) is 0. The Morgan fingerprint density at radius 3 is 1.90 bits per heavy atom. The number of hydrogen-bond donors (Lipinski definition) is 12. The van der Waals surface area contributed by atoms with E-state index in [2.05, 4.69) is 42.2 Å². The molecule has 13 N–H and O–H groups in total. The number of hydrogen-bond acceptors (Lipinski definition) is 12. The van der Waals surface area contributed by atoms with Crippen LogP contribution in [-0.2, 0) is 56.0 Å². The Labute approximate surface area is 360 Å². The predicted molar refractivity (Wildman–Crippen MR) is 226 cm³/mol. The number of carbonyl (C=O) groups is 9. The molecule has 62 heavy (non-hydrogen) atoms. The molecule has 1 aromatic heterocycles. The first-order chi connectivity index (χ1) is 29.4. The number of carboxylic acids is 2. The monoisotopic (exact) mass is 883 g/mol. The van der Waals surface area contributed by atoms with Crippen LogP contribution in [0.1, 0.15) is 37.8 Å². The maximum absolute atomic E-state index is 14.0. The average Bonchev–Trinajstić information content (AvgIpc) is 3.64. The van der Waals surface area contributed by atoms with Crippen molar-refractivity contribution in [3.8, 4) is 5.75 Å². The molecule has 22 heteroatoms. The molecule has 0 saturated heterocycles. The Balaban J connectivity index is 1.80. The van der Waals surface area contributed by atoms with E-state index in [0.29, 0.717) is 22.3 Å². The van der Waals surface area contributed by atoms with Crippen LogP contribution in [0.4, 0.5) is 0 Å². The number of carboxylic acid groups (broad SMARTS) is 2. The number of aliphatic carboxylic acids is 2. The molecule has 2 aromatic carbocycles. The zero-order chi connectivity index (χ0) is 45.9. The lowest BCUT2D eigenvalue weighted by Gasteiger charge is -2.27. The molecule has 0 aliphatic rings. The minimum Gasteiger partial charge on any atom is -0.508 e. The van der Waals surface area contributed by atoms with Crippen LogP contribution in [-0.4, -0.2) is 135 Å². The van der Waals surface area contributed by atoms with Gasteiger partial charge in [-0.2, -0.15) is 11.8 Å². The SMILES string of the molecule is CSCC[C@H](NC(=O)CN)C(=O)N[C@H](C(=O)N[C@@H](CC(=O)O)C(=O)NCC(=O)N[C@@H](Cc1c[nH]c2ccccc12)C(=O)N[C@@H](Cc1ccc(O)cc1)C(=O)NCC(=O)O)C(C)C. The highest BCUT2D eigenvalue weighted by Crippen LogP contribution is 2.20. The third-order valence-electron chi connectivity index (χ3n) is 9.30. The van der Waals surface area contributed by atoms with E-state index in [1.165, 1.54) is 36.0 Å². The van der Waals surface area contributed by atoms with Crippen molar-refractivity contribution in [2.45, 2.75) is 69.7 Å². The van der Waals surface area contributed by atoms with Crippen LogP contribution in [0.5, 0.6) is 5.75 Å². The molecule has 0 unspecified atom stereocenters. The Morgan fingerprint density at radius 2 is 1.27 bits per heavy atom. The standard InChI is InChI=1S/C40H53N9O12S/c1-21(2)35(49-38(59)27(12-13-62-3)45-31(51)17-41)40(61)48-30(16-33(53)54)37(58)43-19-32(52)46-29(15-23-18-42-26-7-5-4-6-25(23)26)39(60)47-28(36(57)44-20-34(55)56)14-22-8-10-24(50)11-9-22/h4-11,18,21,27-30,35,42,50H,12-17,19-20,41H2,1-3H3,(H,43,58)(H,44,57)(H,45,51)(H,46,52)(H,47,60)(H,48,61)(H,49,59)(H,53,54)(H,55,56)/t27-,28-,29-,30-,35-/m0/s1. The normalized spacial score (nSPS) is 13.4. The average molecular weight is 884 g/mol. The van der Waals surface area contributed by atoms with Gasteiger partial charge in [-0.1, -0.05) is 44.2 Å². The molecule has 0 aliphatic heterocycles. The summed E-state index contributed by atoms with van der Waals surface area (Å²) in [5.74, 6) is -8.90. The van der Waals surface area contributed by atoms with E-state index in [1.807, 2.05) is 0 Å². The first-order valence-electron chi connectivity index (χ1n) is 19.4. The number of phenolic OH excluding ortho intramolecular Hbond substituents is 1. The number of carbonyl (C=O) groups excluding carboxylic acids is 7. The van der Waals surface area contributed by atoms with Crippen LogP contribution in [0.3, 0.4) is 0 Å². The lowest BCUT2D eigenvalue weighted by molar-refractivity contribution is -0.141. The zero-order valence-corrected chi connectivity index (χ0v) is 35.1. The number of benzene rings is 2. The minimum absolute atomic E-state index is 0.0551. The van der Waals surface area contributed by atoms with Crippen LogP contribution in [0, 0.1) is 5.92 Å². The van der Waals surface area contributed by atoms with Crippen molar-refractivity contribution < 1.29 is 58.5 Å². The molecule has 7 amide bonds. The lowest BCUT2D eigenvalue weighted by Crippen LogP contribution is -2.59. The van der Waals surface area contributed by atoms with Crippen LogP contribution >= 0.6 is 11.8 Å². The maximum atomic E-state index is 14.0. The number of nitrogens with one attached hydrogen (secondary N) is 8. The number of aromatic amines is 1. The number of fused-ring (bicyclic) bond motifs is 1. The molecule has 21 nitrogen and oxygen atoms in total. The van der Waals surface area contributed by atoms with E-state index in [1.54, 1.807) is 50.6 Å². The van der Waals surface area contributed by atoms with Gasteiger partial charge in [0.05, 0.1) is 19.5 Å². The number of phenols is 1. The van der Waals surface area contributed by atoms with E-state index in [9.17, 15) is 53.4 Å². The first kappa shape index (κ1) is 49.7. The quantitative estimate of drug-likeness (QED) is 0.0449. The van der Waals surface area contributed by atoms with E-state index in [0.717, 1.165) is 5.52 Å². The van der Waals surface area contributed by atoms with Gasteiger partial charge in [-0.3, -0.25) is 43.2 Å². The summed E-state index contributed by atoms with van der Waals surface area (Å²) in [5.41, 5.74) is 7.19. The highest BCUT2D eigenvalue weighted by Gasteiger charge is 2.33. The highest BCUT2D eigenvalue weighted by atomic mass is 32.2. The van der Waals surface area contributed by atoms with E-state index < -0.39 is 109 Å². The second kappa shape index (κ2) is 24.5. The summed E-state index contributed by atoms with van der Waals surface area (Å²) in [6.45, 7) is 1.26. The zero-order valence-electron chi connectivity index (χ0n) is 34.3. The smallest absolute Gasteiger partial charge is 0.322 e. The van der Waals surface area contributed by atoms with Gasteiger partial charge in [-0.05, 0) is 53.7 Å². The summed E-state index contributed by atoms with van der Waals surface area (Å²) < 4.78 is 0. The molecule has 0 fully saturated rings. The first-order valence-corrected chi connectivity index (χ1v) is 20.8. The lowest BCUT2D eigenvalue weighted by atomic mass is 10.0. The third kappa shape index (κ3) is 16.1. The predicted octanol–water partition coefficient (Wildman–Crippen LogP) is -1.76. The number of nitrogens with two attached hydrogens (primary N) is 1. The number of aromatic hydroxyl groups is 1. The van der Waals surface area contributed by atoms with Gasteiger partial charge < -0.3 is 63.3 Å². The van der Waals surface area contributed by atoms with Crippen molar-refractivity contribution >= 4 is 76.0 Å². The summed E-state index contributed by atoms with van der Waals surface area (Å²) in [5, 5.41) is 46.1. The number of para-hydroxylation sites is 1. The van der Waals surface area contributed by atoms with Gasteiger partial charge in [0.25, 0.3) is 0 Å². The van der Waals surface area contributed by atoms with Crippen molar-refractivity contribution in [2.75, 3.05) is 31.6 Å². The summed E-state index contributed by atoms with van der Waals surface area (Å²) >= 11 is 1.42. The molecule has 0 saturated carbocycles. The number of amides is 7. The Morgan fingerprint density at radius 1 is 0.677 bits per heavy atom. The van der Waals surface area contributed by atoms with E-state index >= 15 is 0 Å². The molecule has 0 spiro atoms. The van der Waals surface area contributed by atoms with Gasteiger partial charge >= 0.3 is 11.9 Å². The van der Waals surface area contributed by atoms with Gasteiger partial charge in [-0.15, -0.1) is 0 Å². The van der Waals surface area contributed by atoms with Gasteiger partial charge in [0.2, 0.25) is 41.4 Å². The van der Waals surface area contributed by atoms with Gasteiger partial charge in [0.15, 0.2) is 0 Å². The second-order valence-corrected chi connectivity index (χ2v) is 15.4. The Kier molecular flexibility index (Phi) is 19.7. The minimum atomic E-state index is -1.73. The summed E-state index contributed by atoms with van der Waals surface area (Å²) in [4.78, 5) is 119. The number of rotatable bonds is 25. The topological polar surface area (TPSA) is 340 Å². The van der Waals surface area contributed by atoms with Crippen LogP contribution in [0.2, 0.25) is 0 Å². The molecule has 0 aliphatic carbocycles. The van der Waals surface area contributed by atoms with Crippen LogP contribution in [0.25, 0.3) is 10.9 Å². The van der Waals surface area contributed by atoms with Crippen LogP contribution < -0.4 is 43.0 Å². The Bertz CT molecular complexity index is 2080. The fraction of sp³-hybridized carbons (Fsp3) is 0.425. The van der Waals surface area contributed by atoms with Crippen molar-refractivity contribution in [3.63, 3.8) is 0 Å². The third-order valence-corrected chi connectivity index (χ3v) is 9.95. The molecule has 5 atom stereocenters. The highest BCUT2D eigenvalue weighted by molar-refractivity contribution is 7.98. The molecule has 0 radical (unpaired) electrons. The molecule has 3 rings (SSSR count). The number of H-pyrrole nitrogens is 1. The Hall–Kier alpha value is -6.68. The number of aromatic nitrogens is 1. The number of thioether (sulfide) groups is 1. The van der Waals surface area contributed by atoms with Crippen molar-refractivity contribution in [1.82, 2.24) is 42.2 Å². The molecular formula is C40H53N9O12S.